The Morgan fingerprint density at radius 2 is 2.14 bits per heavy atom. The minimum Gasteiger partial charge on any atom is -0.320 e. The molecule has 0 bridgehead atoms. The third-order valence-electron chi connectivity index (χ3n) is 3.22. The van der Waals surface area contributed by atoms with Gasteiger partial charge in [0.25, 0.3) is 0 Å². The predicted octanol–water partition coefficient (Wildman–Crippen LogP) is 2.78. The van der Waals surface area contributed by atoms with Crippen LogP contribution in [-0.2, 0) is 13.1 Å². The number of nitrogens with zero attached hydrogens (tertiary/aromatic N) is 2. The van der Waals surface area contributed by atoms with E-state index in [1.165, 1.54) is 4.88 Å². The molecule has 110 valence electrons. The zero-order valence-electron chi connectivity index (χ0n) is 12.6. The summed E-state index contributed by atoms with van der Waals surface area (Å²) in [6.45, 7) is 7.35. The van der Waals surface area contributed by atoms with Gasteiger partial charge >= 0.3 is 0 Å². The summed E-state index contributed by atoms with van der Waals surface area (Å²) in [6.07, 6.45) is 0. The van der Waals surface area contributed by atoms with Gasteiger partial charge in [0.2, 0.25) is 0 Å². The Hall–Kier alpha value is -1.67. The van der Waals surface area contributed by atoms with Crippen molar-refractivity contribution in [3.8, 4) is 11.8 Å². The van der Waals surface area contributed by atoms with E-state index in [4.69, 9.17) is 5.73 Å². The van der Waals surface area contributed by atoms with E-state index in [9.17, 15) is 0 Å². The van der Waals surface area contributed by atoms with Gasteiger partial charge in [-0.3, -0.25) is 9.88 Å². The van der Waals surface area contributed by atoms with Gasteiger partial charge in [0.15, 0.2) is 0 Å². The fourth-order valence-electron chi connectivity index (χ4n) is 2.12. The molecule has 0 saturated carbocycles. The maximum absolute atomic E-state index is 5.45. The van der Waals surface area contributed by atoms with Crippen molar-refractivity contribution in [2.75, 3.05) is 13.1 Å². The van der Waals surface area contributed by atoms with Crippen LogP contribution in [0.5, 0.6) is 0 Å². The largest absolute Gasteiger partial charge is 0.320 e. The average molecular weight is 299 g/mol. The molecule has 0 spiro atoms. The first-order valence-electron chi connectivity index (χ1n) is 7.13. The van der Waals surface area contributed by atoms with E-state index in [1.807, 2.05) is 13.0 Å². The lowest BCUT2D eigenvalue weighted by Crippen LogP contribution is -2.22. The van der Waals surface area contributed by atoms with Crippen LogP contribution in [0.2, 0.25) is 0 Å². The maximum Gasteiger partial charge on any atom is 0.0555 e. The molecule has 0 fully saturated rings. The van der Waals surface area contributed by atoms with Crippen molar-refractivity contribution in [3.63, 3.8) is 0 Å². The van der Waals surface area contributed by atoms with Gasteiger partial charge in [0.1, 0.15) is 0 Å². The number of aryl methyl sites for hydroxylation is 1. The van der Waals surface area contributed by atoms with Gasteiger partial charge in [-0.15, -0.1) is 11.3 Å². The highest BCUT2D eigenvalue weighted by molar-refractivity contribution is 7.10. The third-order valence-corrected chi connectivity index (χ3v) is 4.12. The van der Waals surface area contributed by atoms with Crippen molar-refractivity contribution in [2.24, 2.45) is 5.73 Å². The van der Waals surface area contributed by atoms with Crippen molar-refractivity contribution in [1.82, 2.24) is 9.88 Å². The van der Waals surface area contributed by atoms with Crippen LogP contribution < -0.4 is 5.73 Å². The summed E-state index contributed by atoms with van der Waals surface area (Å²) < 4.78 is 0. The highest BCUT2D eigenvalue weighted by Gasteiger charge is 2.09. The Balaban J connectivity index is 2.07. The second-order valence-corrected chi connectivity index (χ2v) is 5.84. The quantitative estimate of drug-likeness (QED) is 0.863. The molecule has 0 radical (unpaired) electrons. The molecule has 2 aromatic heterocycles. The number of aromatic nitrogens is 1. The average Bonchev–Trinajstić information content (AvgIpc) is 2.91. The molecule has 0 atom stereocenters. The van der Waals surface area contributed by atoms with E-state index >= 15 is 0 Å². The van der Waals surface area contributed by atoms with Gasteiger partial charge in [-0.2, -0.15) is 0 Å². The lowest BCUT2D eigenvalue weighted by atomic mass is 10.2. The minimum absolute atomic E-state index is 0.403. The number of pyridine rings is 1. The molecule has 0 aliphatic heterocycles. The summed E-state index contributed by atoms with van der Waals surface area (Å²) in [5.41, 5.74) is 8.73. The van der Waals surface area contributed by atoms with E-state index < -0.39 is 0 Å². The van der Waals surface area contributed by atoms with E-state index in [2.05, 4.69) is 52.2 Å². The first-order chi connectivity index (χ1) is 10.2. The summed E-state index contributed by atoms with van der Waals surface area (Å²) in [7, 11) is 0. The molecule has 21 heavy (non-hydrogen) atoms. The molecule has 0 amide bonds. The molecule has 2 aromatic rings. The van der Waals surface area contributed by atoms with Crippen molar-refractivity contribution < 1.29 is 0 Å². The van der Waals surface area contributed by atoms with Crippen molar-refractivity contribution in [1.29, 1.82) is 0 Å². The smallest absolute Gasteiger partial charge is 0.0555 e. The Morgan fingerprint density at radius 3 is 2.86 bits per heavy atom. The van der Waals surface area contributed by atoms with Gasteiger partial charge in [-0.25, -0.2) is 0 Å². The van der Waals surface area contributed by atoms with Gasteiger partial charge in [0, 0.05) is 29.2 Å². The molecular formula is C17H21N3S. The minimum atomic E-state index is 0.403. The molecule has 0 aromatic carbocycles. The van der Waals surface area contributed by atoms with Gasteiger partial charge in [0.05, 0.1) is 12.2 Å². The monoisotopic (exact) mass is 299 g/mol. The van der Waals surface area contributed by atoms with Gasteiger partial charge in [-0.05, 0) is 37.0 Å². The highest BCUT2D eigenvalue weighted by Crippen LogP contribution is 2.19. The van der Waals surface area contributed by atoms with E-state index in [0.717, 1.165) is 36.6 Å². The summed E-state index contributed by atoms with van der Waals surface area (Å²) in [4.78, 5) is 8.25. The third kappa shape index (κ3) is 4.68. The van der Waals surface area contributed by atoms with Crippen LogP contribution >= 0.6 is 11.3 Å². The Bertz CT molecular complexity index is 637. The van der Waals surface area contributed by atoms with Crippen molar-refractivity contribution in [3.05, 3.63) is 51.5 Å². The van der Waals surface area contributed by atoms with Crippen molar-refractivity contribution >= 4 is 11.3 Å². The SMILES string of the molecule is CCN(Cc1cccc(C)n1)Cc1sccc1C#CCN. The topological polar surface area (TPSA) is 42.2 Å². The van der Waals surface area contributed by atoms with E-state index in [1.54, 1.807) is 11.3 Å². The lowest BCUT2D eigenvalue weighted by molar-refractivity contribution is 0.270. The van der Waals surface area contributed by atoms with Gasteiger partial charge < -0.3 is 5.73 Å². The number of rotatable bonds is 5. The van der Waals surface area contributed by atoms with Crippen LogP contribution in [0.4, 0.5) is 0 Å². The zero-order chi connectivity index (χ0) is 15.1. The van der Waals surface area contributed by atoms with Gasteiger partial charge in [-0.1, -0.05) is 24.8 Å². The molecule has 3 nitrogen and oxygen atoms in total. The van der Waals surface area contributed by atoms with E-state index in [0.29, 0.717) is 6.54 Å². The molecule has 0 saturated heterocycles. The van der Waals surface area contributed by atoms with Crippen LogP contribution in [0.3, 0.4) is 0 Å². The highest BCUT2D eigenvalue weighted by atomic mass is 32.1. The zero-order valence-corrected chi connectivity index (χ0v) is 13.4. The number of thiophene rings is 1. The summed E-state index contributed by atoms with van der Waals surface area (Å²) in [6, 6.07) is 8.25. The van der Waals surface area contributed by atoms with Crippen molar-refractivity contribution in [2.45, 2.75) is 26.9 Å². The molecule has 4 heteroatoms. The molecule has 0 unspecified atom stereocenters. The fraction of sp³-hybridized carbons (Fsp3) is 0.353. The molecule has 2 rings (SSSR count). The lowest BCUT2D eigenvalue weighted by Gasteiger charge is -2.19. The Morgan fingerprint density at radius 1 is 1.29 bits per heavy atom. The van der Waals surface area contributed by atoms with Crippen LogP contribution in [0.25, 0.3) is 0 Å². The number of hydrogen-bond donors (Lipinski definition) is 1. The summed E-state index contributed by atoms with van der Waals surface area (Å²) in [5.74, 6) is 6.08. The Labute approximate surface area is 130 Å². The first-order valence-corrected chi connectivity index (χ1v) is 8.01. The second-order valence-electron chi connectivity index (χ2n) is 4.84. The van der Waals surface area contributed by atoms with Crippen LogP contribution in [0.15, 0.2) is 29.6 Å². The standard InChI is InChI=1S/C17H21N3S/c1-3-20(12-16-8-4-6-14(2)19-16)13-17-15(7-5-10-18)9-11-21-17/h4,6,8-9,11H,3,10,12-13,18H2,1-2H3. The normalized spacial score (nSPS) is 10.5. The number of nitrogens with two attached hydrogens (primary N) is 1. The summed E-state index contributed by atoms with van der Waals surface area (Å²) in [5, 5.41) is 2.09. The molecule has 0 aliphatic carbocycles. The molecule has 0 aliphatic rings. The van der Waals surface area contributed by atoms with Crippen LogP contribution in [0, 0.1) is 18.8 Å². The fourth-order valence-corrected chi connectivity index (χ4v) is 2.99. The Kier molecular flexibility index (Phi) is 5.94. The van der Waals surface area contributed by atoms with Crippen LogP contribution in [-0.4, -0.2) is 23.0 Å². The summed E-state index contributed by atoms with van der Waals surface area (Å²) >= 11 is 1.75. The predicted molar refractivity (Wildman–Crippen MR) is 89.0 cm³/mol. The molecular weight excluding hydrogens is 278 g/mol. The maximum atomic E-state index is 5.45. The first kappa shape index (κ1) is 15.7. The molecule has 2 N–H and O–H groups in total. The number of hydrogen-bond acceptors (Lipinski definition) is 4. The van der Waals surface area contributed by atoms with Crippen LogP contribution in [0.1, 0.15) is 28.8 Å². The van der Waals surface area contributed by atoms with E-state index in [-0.39, 0.29) is 0 Å². The second kappa shape index (κ2) is 7.94. The molecule has 2 heterocycles.